The topological polar surface area (TPSA) is 0 Å². The lowest BCUT2D eigenvalue weighted by Gasteiger charge is -2.52. The van der Waals surface area contributed by atoms with Crippen LogP contribution in [0.4, 0.5) is 0 Å². The summed E-state index contributed by atoms with van der Waals surface area (Å²) < 4.78 is 0. The number of hydrogen-bond donors (Lipinski definition) is 0. The molecule has 23 heavy (non-hydrogen) atoms. The molecule has 1 aromatic rings. The highest BCUT2D eigenvalue weighted by atomic mass is 31.0. The Bertz CT molecular complexity index is 519. The van der Waals surface area contributed by atoms with Crippen LogP contribution in [0.2, 0.25) is 18.1 Å². The van der Waals surface area contributed by atoms with E-state index in [0.29, 0.717) is 5.04 Å². The summed E-state index contributed by atoms with van der Waals surface area (Å²) in [6.07, 6.45) is 0. The van der Waals surface area contributed by atoms with Crippen molar-refractivity contribution < 1.29 is 0 Å². The molecular weight excluding hydrogens is 311 g/mol. The Morgan fingerprint density at radius 1 is 0.696 bits per heavy atom. The van der Waals surface area contributed by atoms with Crippen LogP contribution < -0.4 is 5.19 Å². The Kier molecular flexibility index (Phi) is 5.45. The minimum absolute atomic E-state index is 0.0476. The average molecular weight is 351 g/mol. The SMILES string of the molecule is CC(C)(C)C(P)(c1ccc([Si](C)(C)C(C)(C)C)cc1)C(C)(C)C. The van der Waals surface area contributed by atoms with Gasteiger partial charge in [0, 0.05) is 5.16 Å². The van der Waals surface area contributed by atoms with Gasteiger partial charge < -0.3 is 0 Å². The molecule has 0 heterocycles. The fourth-order valence-electron chi connectivity index (χ4n) is 3.57. The Morgan fingerprint density at radius 3 is 1.30 bits per heavy atom. The first-order chi connectivity index (χ1) is 9.96. The number of benzene rings is 1. The molecule has 0 saturated heterocycles. The molecule has 132 valence electrons. The standard InChI is InChI=1S/C21H39PSi/c1-18(2,3)21(22,19(4,5)6)16-12-14-17(15-13-16)23(10,11)20(7,8)9/h12-15H,22H2,1-11H3. The molecule has 0 bridgehead atoms. The Hall–Kier alpha value is -0.133. The highest BCUT2D eigenvalue weighted by Gasteiger charge is 2.48. The van der Waals surface area contributed by atoms with Crippen molar-refractivity contribution in [1.82, 2.24) is 0 Å². The van der Waals surface area contributed by atoms with Crippen LogP contribution in [0.3, 0.4) is 0 Å². The van der Waals surface area contributed by atoms with Crippen molar-refractivity contribution in [3.63, 3.8) is 0 Å². The minimum Gasteiger partial charge on any atom is -0.125 e. The first-order valence-corrected chi connectivity index (χ1v) is 12.4. The van der Waals surface area contributed by atoms with E-state index in [9.17, 15) is 0 Å². The lowest BCUT2D eigenvalue weighted by Crippen LogP contribution is -2.50. The normalized spacial score (nSPS) is 15.0. The maximum atomic E-state index is 3.20. The van der Waals surface area contributed by atoms with Crippen molar-refractivity contribution in [1.29, 1.82) is 0 Å². The molecule has 0 nitrogen and oxygen atoms in total. The number of rotatable bonds is 2. The minimum atomic E-state index is -1.46. The molecule has 0 amide bonds. The van der Waals surface area contributed by atoms with Gasteiger partial charge >= 0.3 is 0 Å². The lowest BCUT2D eigenvalue weighted by molar-refractivity contribution is 0.140. The maximum absolute atomic E-state index is 3.20. The fourth-order valence-corrected chi connectivity index (χ4v) is 5.63. The molecular formula is C21H39PSi. The molecule has 0 fully saturated rings. The van der Waals surface area contributed by atoms with Gasteiger partial charge in [-0.1, -0.05) is 105 Å². The van der Waals surface area contributed by atoms with Gasteiger partial charge in [0.2, 0.25) is 0 Å². The van der Waals surface area contributed by atoms with E-state index in [1.807, 2.05) is 0 Å². The highest BCUT2D eigenvalue weighted by molar-refractivity contribution is 7.18. The molecule has 0 saturated carbocycles. The van der Waals surface area contributed by atoms with Crippen molar-refractivity contribution in [2.75, 3.05) is 0 Å². The molecule has 1 unspecified atom stereocenters. The third-order valence-electron chi connectivity index (χ3n) is 6.30. The lowest BCUT2D eigenvalue weighted by atomic mass is 9.62. The van der Waals surface area contributed by atoms with Crippen LogP contribution in [0.5, 0.6) is 0 Å². The summed E-state index contributed by atoms with van der Waals surface area (Å²) >= 11 is 0. The third kappa shape index (κ3) is 3.61. The van der Waals surface area contributed by atoms with Gasteiger partial charge in [-0.15, -0.1) is 9.24 Å². The predicted molar refractivity (Wildman–Crippen MR) is 114 cm³/mol. The van der Waals surface area contributed by atoms with Crippen LogP contribution in [-0.4, -0.2) is 8.07 Å². The Morgan fingerprint density at radius 2 is 1.04 bits per heavy atom. The molecule has 1 aromatic carbocycles. The van der Waals surface area contributed by atoms with Crippen LogP contribution in [0, 0.1) is 10.8 Å². The first kappa shape index (κ1) is 20.9. The molecule has 0 aliphatic heterocycles. The van der Waals surface area contributed by atoms with E-state index in [2.05, 4.69) is 109 Å². The summed E-state index contributed by atoms with van der Waals surface area (Å²) in [6.45, 7) is 26.3. The highest BCUT2D eigenvalue weighted by Crippen LogP contribution is 2.57. The van der Waals surface area contributed by atoms with Crippen LogP contribution in [0.25, 0.3) is 0 Å². The van der Waals surface area contributed by atoms with Crippen molar-refractivity contribution in [2.45, 2.75) is 85.6 Å². The molecule has 1 rings (SSSR count). The van der Waals surface area contributed by atoms with E-state index in [1.54, 1.807) is 5.19 Å². The van der Waals surface area contributed by atoms with Crippen molar-refractivity contribution in [3.05, 3.63) is 29.8 Å². The van der Waals surface area contributed by atoms with E-state index in [0.717, 1.165) is 0 Å². The Labute approximate surface area is 149 Å². The van der Waals surface area contributed by atoms with Gasteiger partial charge in [-0.05, 0) is 21.4 Å². The maximum Gasteiger partial charge on any atom is 0.0859 e. The van der Waals surface area contributed by atoms with Gasteiger partial charge in [0.25, 0.3) is 0 Å². The largest absolute Gasteiger partial charge is 0.125 e. The average Bonchev–Trinajstić information content (AvgIpc) is 2.33. The second-order valence-electron chi connectivity index (χ2n) is 10.8. The number of hydrogen-bond acceptors (Lipinski definition) is 0. The monoisotopic (exact) mass is 350 g/mol. The molecule has 0 aliphatic carbocycles. The van der Waals surface area contributed by atoms with Crippen molar-refractivity contribution >= 4 is 22.5 Å². The molecule has 0 aliphatic rings. The van der Waals surface area contributed by atoms with Crippen LogP contribution in [0.15, 0.2) is 24.3 Å². The zero-order valence-electron chi connectivity index (χ0n) is 17.4. The van der Waals surface area contributed by atoms with Crippen LogP contribution in [-0.2, 0) is 5.16 Å². The summed E-state index contributed by atoms with van der Waals surface area (Å²) in [5, 5.41) is 1.98. The fraction of sp³-hybridized carbons (Fsp3) is 0.714. The molecule has 1 atom stereocenters. The van der Waals surface area contributed by atoms with Crippen molar-refractivity contribution in [3.8, 4) is 0 Å². The first-order valence-electron chi connectivity index (χ1n) is 8.86. The van der Waals surface area contributed by atoms with Gasteiger partial charge in [-0.3, -0.25) is 0 Å². The van der Waals surface area contributed by atoms with E-state index in [-0.39, 0.29) is 16.0 Å². The molecule has 0 radical (unpaired) electrons. The smallest absolute Gasteiger partial charge is 0.0859 e. The molecule has 0 spiro atoms. The van der Waals surface area contributed by atoms with Gasteiger partial charge in [-0.25, -0.2) is 0 Å². The second-order valence-corrected chi connectivity index (χ2v) is 17.0. The van der Waals surface area contributed by atoms with E-state index < -0.39 is 8.07 Å². The summed E-state index contributed by atoms with van der Waals surface area (Å²) in [6, 6.07) is 9.59. The zero-order chi connectivity index (χ0) is 18.5. The van der Waals surface area contributed by atoms with Crippen LogP contribution in [0.1, 0.15) is 67.9 Å². The van der Waals surface area contributed by atoms with Crippen LogP contribution >= 0.6 is 9.24 Å². The molecule has 0 N–H and O–H groups in total. The van der Waals surface area contributed by atoms with Gasteiger partial charge in [-0.2, -0.15) is 0 Å². The zero-order valence-corrected chi connectivity index (χ0v) is 19.5. The van der Waals surface area contributed by atoms with Crippen molar-refractivity contribution in [2.24, 2.45) is 10.8 Å². The van der Waals surface area contributed by atoms with Gasteiger partial charge in [0.05, 0.1) is 8.07 Å². The van der Waals surface area contributed by atoms with E-state index in [4.69, 9.17) is 0 Å². The molecule has 2 heteroatoms. The Balaban J connectivity index is 3.43. The summed E-state index contributed by atoms with van der Waals surface area (Å²) in [4.78, 5) is 0. The van der Waals surface area contributed by atoms with Gasteiger partial charge in [0.1, 0.15) is 0 Å². The predicted octanol–water partition coefficient (Wildman–Crippen LogP) is 6.56. The second kappa shape index (κ2) is 5.99. The summed E-state index contributed by atoms with van der Waals surface area (Å²) in [5.74, 6) is 0. The van der Waals surface area contributed by atoms with E-state index >= 15 is 0 Å². The molecule has 0 aromatic heterocycles. The van der Waals surface area contributed by atoms with Gasteiger partial charge in [0.15, 0.2) is 0 Å². The summed E-state index contributed by atoms with van der Waals surface area (Å²) in [7, 11) is 1.74. The van der Waals surface area contributed by atoms with E-state index in [1.165, 1.54) is 5.56 Å². The third-order valence-corrected chi connectivity index (χ3v) is 13.9. The summed E-state index contributed by atoms with van der Waals surface area (Å²) in [5.41, 5.74) is 1.79. The quantitative estimate of drug-likeness (QED) is 0.418.